The number of carboxylic acid groups (broad SMARTS) is 3. The van der Waals surface area contributed by atoms with Crippen molar-refractivity contribution >= 4 is 17.9 Å². The smallest absolute Gasteiger partial charge is 0.547 e. The summed E-state index contributed by atoms with van der Waals surface area (Å²) < 4.78 is 0. The number of carbonyl (C=O) groups excluding carboxylic acids is 3. The van der Waals surface area contributed by atoms with Gasteiger partial charge in [0.25, 0.3) is 0 Å². The van der Waals surface area contributed by atoms with Crippen LogP contribution < -0.4 is 104 Å². The Morgan fingerprint density at radius 3 is 1.08 bits per heavy atom. The summed E-state index contributed by atoms with van der Waals surface area (Å²) in [5.41, 5.74) is 0. The Bertz CT molecular complexity index is 392. The van der Waals surface area contributed by atoms with E-state index in [0.29, 0.717) is 0 Å². The molecule has 0 fully saturated rings. The molecule has 0 aliphatic rings. The predicted molar refractivity (Wildman–Crippen MR) is 58.1 cm³/mol. The normalized spacial score (nSPS) is 16.3. The maximum Gasteiger partial charge on any atom is 1.00 e. The molecular formula is C10H15Na3O13. The quantitative estimate of drug-likeness (QED) is 0.183. The van der Waals surface area contributed by atoms with Crippen LogP contribution in [0, 0.1) is 0 Å². The van der Waals surface area contributed by atoms with E-state index in [9.17, 15) is 29.7 Å². The maximum atomic E-state index is 9.98. The van der Waals surface area contributed by atoms with Crippen LogP contribution in [0.15, 0.2) is 0 Å². The van der Waals surface area contributed by atoms with Crippen molar-refractivity contribution in [3.63, 3.8) is 0 Å². The zero-order valence-electron chi connectivity index (χ0n) is 14.3. The number of hydrogen-bond donors (Lipinski definition) is 7. The van der Waals surface area contributed by atoms with Gasteiger partial charge in [-0.15, -0.1) is 0 Å². The van der Waals surface area contributed by atoms with Crippen molar-refractivity contribution in [1.82, 2.24) is 0 Å². The van der Waals surface area contributed by atoms with E-state index in [-0.39, 0.29) is 88.7 Å². The molecule has 6 atom stereocenters. The maximum absolute atomic E-state index is 9.98. The van der Waals surface area contributed by atoms with Crippen LogP contribution in [0.1, 0.15) is 0 Å². The zero-order chi connectivity index (χ0) is 18.9. The minimum atomic E-state index is -2.44. The molecule has 0 aromatic carbocycles. The summed E-state index contributed by atoms with van der Waals surface area (Å²) in [5, 5.41) is 89.2. The molecule has 0 spiro atoms. The molecule has 0 aromatic rings. The van der Waals surface area contributed by atoms with Crippen molar-refractivity contribution in [2.24, 2.45) is 0 Å². The summed E-state index contributed by atoms with van der Waals surface area (Å²) in [6.07, 6.45) is -13.0. The van der Waals surface area contributed by atoms with Gasteiger partial charge in [-0.25, -0.2) is 0 Å². The van der Waals surface area contributed by atoms with E-state index in [2.05, 4.69) is 0 Å². The molecule has 0 bridgehead atoms. The Hall–Kier alpha value is 1.13. The number of carbonyl (C=O) groups is 3. The molecule has 0 saturated heterocycles. The number of aliphatic hydroxyl groups excluding tert-OH is 7. The fourth-order valence-corrected chi connectivity index (χ4v) is 0.920. The van der Waals surface area contributed by atoms with Gasteiger partial charge in [-0.3, -0.25) is 0 Å². The number of hydrogen-bond acceptors (Lipinski definition) is 13. The molecule has 13 nitrogen and oxygen atoms in total. The van der Waals surface area contributed by atoms with Crippen molar-refractivity contribution in [3.05, 3.63) is 0 Å². The third kappa shape index (κ3) is 15.1. The Morgan fingerprint density at radius 1 is 0.615 bits per heavy atom. The van der Waals surface area contributed by atoms with E-state index in [1.54, 1.807) is 0 Å². The van der Waals surface area contributed by atoms with Gasteiger partial charge in [0.15, 0.2) is 0 Å². The second-order valence-electron chi connectivity index (χ2n) is 4.02. The summed E-state index contributed by atoms with van der Waals surface area (Å²) in [4.78, 5) is 29.2. The van der Waals surface area contributed by atoms with E-state index in [1.165, 1.54) is 0 Å². The summed E-state index contributed by atoms with van der Waals surface area (Å²) in [5.74, 6) is -6.09. The summed E-state index contributed by atoms with van der Waals surface area (Å²) in [6.45, 7) is -0.863. The average molecular weight is 412 g/mol. The fourth-order valence-electron chi connectivity index (χ4n) is 0.920. The van der Waals surface area contributed by atoms with Crippen molar-refractivity contribution in [2.75, 3.05) is 6.61 Å². The van der Waals surface area contributed by atoms with E-state index < -0.39 is 61.1 Å². The van der Waals surface area contributed by atoms with E-state index in [4.69, 9.17) is 35.7 Å². The van der Waals surface area contributed by atoms with Gasteiger partial charge in [-0.1, -0.05) is 0 Å². The molecule has 0 saturated carbocycles. The second kappa shape index (κ2) is 19.4. The number of aliphatic carboxylic acids is 3. The van der Waals surface area contributed by atoms with Gasteiger partial charge in [0, 0.05) is 0 Å². The molecule has 0 heterocycles. The molecule has 0 amide bonds. The van der Waals surface area contributed by atoms with Crippen LogP contribution in [0.2, 0.25) is 0 Å². The van der Waals surface area contributed by atoms with Gasteiger partial charge in [0.05, 0.1) is 24.5 Å². The van der Waals surface area contributed by atoms with Crippen LogP contribution in [0.3, 0.4) is 0 Å². The average Bonchev–Trinajstić information content (AvgIpc) is 2.50. The van der Waals surface area contributed by atoms with Gasteiger partial charge in [0.2, 0.25) is 0 Å². The monoisotopic (exact) mass is 412 g/mol. The van der Waals surface area contributed by atoms with Crippen LogP contribution in [-0.4, -0.2) is 96.9 Å². The molecular weight excluding hydrogens is 397 g/mol. The molecule has 7 N–H and O–H groups in total. The van der Waals surface area contributed by atoms with Crippen LogP contribution in [0.25, 0.3) is 0 Å². The van der Waals surface area contributed by atoms with Crippen molar-refractivity contribution in [2.45, 2.75) is 36.6 Å². The molecule has 0 aliphatic heterocycles. The Kier molecular flexibility index (Phi) is 28.3. The first-order chi connectivity index (χ1) is 10.4. The van der Waals surface area contributed by atoms with Gasteiger partial charge in [-0.2, -0.15) is 0 Å². The molecule has 0 radical (unpaired) electrons. The number of carboxylic acids is 3. The van der Waals surface area contributed by atoms with Crippen LogP contribution in [0.4, 0.5) is 0 Å². The molecule has 0 aromatic heterocycles. The van der Waals surface area contributed by atoms with Crippen molar-refractivity contribution < 1.29 is 154 Å². The zero-order valence-corrected chi connectivity index (χ0v) is 20.3. The Balaban J connectivity index is -0.000000104. The predicted octanol–water partition coefficient (Wildman–Crippen LogP) is -18.6. The third-order valence-electron chi connectivity index (χ3n) is 2.28. The second-order valence-corrected chi connectivity index (χ2v) is 4.02. The first-order valence-electron chi connectivity index (χ1n) is 5.70. The molecule has 136 valence electrons. The standard InChI is InChI=1S/C6H12O7.C4H6O6.3Na/c7-1-2(8)3(9)4(10)5(11)6(12)13;5-1(3(7)8)2(6)4(9)10;;;/h2-5,7-11H,1H2,(H,12,13);1-2,5-6H,(H,7,8)(H,9,10);;;/q;;3*+1/p-3. The van der Waals surface area contributed by atoms with Gasteiger partial charge in [0.1, 0.15) is 36.6 Å². The molecule has 16 heteroatoms. The summed E-state index contributed by atoms with van der Waals surface area (Å²) in [7, 11) is 0. The SMILES string of the molecule is O=C([O-])C(O)C(O)C(=O)[O-].O=C([O-])C(O)C(O)C(O)C(O)CO.[Na+].[Na+].[Na+]. The largest absolute Gasteiger partial charge is 1.00 e. The third-order valence-corrected chi connectivity index (χ3v) is 2.28. The summed E-state index contributed by atoms with van der Waals surface area (Å²) >= 11 is 0. The number of rotatable bonds is 8. The van der Waals surface area contributed by atoms with Crippen LogP contribution >= 0.6 is 0 Å². The summed E-state index contributed by atoms with van der Waals surface area (Å²) in [6, 6.07) is 0. The van der Waals surface area contributed by atoms with Crippen LogP contribution in [0.5, 0.6) is 0 Å². The topological polar surface area (TPSA) is 262 Å². The van der Waals surface area contributed by atoms with E-state index in [0.717, 1.165) is 0 Å². The van der Waals surface area contributed by atoms with Crippen molar-refractivity contribution in [1.29, 1.82) is 0 Å². The van der Waals surface area contributed by atoms with E-state index >= 15 is 0 Å². The molecule has 26 heavy (non-hydrogen) atoms. The Morgan fingerprint density at radius 2 is 0.885 bits per heavy atom. The molecule has 6 unspecified atom stereocenters. The minimum Gasteiger partial charge on any atom is -0.547 e. The molecule has 0 aliphatic carbocycles. The Labute approximate surface area is 213 Å². The molecule has 0 rings (SSSR count). The van der Waals surface area contributed by atoms with Crippen LogP contribution in [-0.2, 0) is 14.4 Å². The fraction of sp³-hybridized carbons (Fsp3) is 0.700. The van der Waals surface area contributed by atoms with E-state index in [1.807, 2.05) is 0 Å². The number of aliphatic hydroxyl groups is 7. The van der Waals surface area contributed by atoms with Gasteiger partial charge >= 0.3 is 88.7 Å². The first-order valence-corrected chi connectivity index (χ1v) is 5.70. The van der Waals surface area contributed by atoms with Gasteiger partial charge in [-0.05, 0) is 0 Å². The van der Waals surface area contributed by atoms with Crippen molar-refractivity contribution in [3.8, 4) is 0 Å². The minimum absolute atomic E-state index is 0. The first kappa shape index (κ1) is 37.8. The van der Waals surface area contributed by atoms with Gasteiger partial charge < -0.3 is 65.4 Å².